The molecule has 0 bridgehead atoms. The Morgan fingerprint density at radius 1 is 1.37 bits per heavy atom. The number of anilines is 2. The van der Waals surface area contributed by atoms with Crippen LogP contribution < -0.4 is 11.1 Å². The molecule has 0 saturated carbocycles. The maximum absolute atomic E-state index is 12.2. The van der Waals surface area contributed by atoms with Gasteiger partial charge in [-0.15, -0.1) is 0 Å². The van der Waals surface area contributed by atoms with Crippen LogP contribution in [0.3, 0.4) is 0 Å². The molecule has 3 N–H and O–H groups in total. The van der Waals surface area contributed by atoms with Gasteiger partial charge in [0, 0.05) is 7.05 Å². The molecule has 0 radical (unpaired) electrons. The molecule has 0 unspecified atom stereocenters. The Labute approximate surface area is 115 Å². The Bertz CT molecular complexity index is 650. The molecule has 0 spiro atoms. The number of nitrogens with one attached hydrogen (secondary N) is 1. The Kier molecular flexibility index (Phi) is 3.44. The lowest BCUT2D eigenvalue weighted by Gasteiger charge is -2.08. The number of amides is 1. The maximum atomic E-state index is 12.2. The molecule has 0 saturated heterocycles. The van der Waals surface area contributed by atoms with Crippen molar-refractivity contribution in [3.05, 3.63) is 34.4 Å². The van der Waals surface area contributed by atoms with Crippen molar-refractivity contribution in [1.29, 1.82) is 0 Å². The van der Waals surface area contributed by atoms with Crippen LogP contribution >= 0.6 is 11.6 Å². The molecule has 0 fully saturated rings. The van der Waals surface area contributed by atoms with E-state index >= 15 is 0 Å². The van der Waals surface area contributed by atoms with Gasteiger partial charge in [-0.3, -0.25) is 9.48 Å². The molecule has 2 aromatic rings. The van der Waals surface area contributed by atoms with E-state index in [9.17, 15) is 4.79 Å². The molecule has 0 aliphatic carbocycles. The van der Waals surface area contributed by atoms with Gasteiger partial charge in [-0.05, 0) is 26.0 Å². The zero-order chi connectivity index (χ0) is 14.2. The van der Waals surface area contributed by atoms with Gasteiger partial charge in [0.05, 0.1) is 22.8 Å². The van der Waals surface area contributed by atoms with Crippen molar-refractivity contribution in [2.75, 3.05) is 11.1 Å². The first-order chi connectivity index (χ1) is 8.90. The Morgan fingerprint density at radius 2 is 2.05 bits per heavy atom. The van der Waals surface area contributed by atoms with E-state index in [1.54, 1.807) is 33.0 Å². The number of nitrogen functional groups attached to an aromatic ring is 1. The van der Waals surface area contributed by atoms with E-state index in [4.69, 9.17) is 17.3 Å². The lowest BCUT2D eigenvalue weighted by molar-refractivity contribution is 0.101. The zero-order valence-electron chi connectivity index (χ0n) is 10.9. The number of halogens is 1. The molecular formula is C12H14ClN5O. The number of carbonyl (C=O) groups excluding carboxylic acids is 1. The molecule has 0 aromatic carbocycles. The molecule has 2 aromatic heterocycles. The van der Waals surface area contributed by atoms with Crippen LogP contribution in [0.5, 0.6) is 0 Å². The minimum absolute atomic E-state index is 0.326. The fourth-order valence-electron chi connectivity index (χ4n) is 1.79. The lowest BCUT2D eigenvalue weighted by atomic mass is 10.2. The summed E-state index contributed by atoms with van der Waals surface area (Å²) in [5.74, 6) is -0.326. The standard InChI is InChI=1S/C12H14ClN5O/c1-6-8(4-5-9(13)15-6)16-12(19)11-10(14)7(2)17-18(11)3/h4-5H,14H2,1-3H3,(H,16,19). The molecule has 2 heterocycles. The SMILES string of the molecule is Cc1nc(Cl)ccc1NC(=O)c1c(N)c(C)nn1C. The number of aryl methyl sites for hydroxylation is 3. The van der Waals surface area contributed by atoms with Crippen LogP contribution in [0.2, 0.25) is 5.15 Å². The van der Waals surface area contributed by atoms with Crippen LogP contribution in [-0.2, 0) is 7.05 Å². The average molecular weight is 280 g/mol. The highest BCUT2D eigenvalue weighted by Crippen LogP contribution is 2.20. The van der Waals surface area contributed by atoms with Crippen molar-refractivity contribution in [1.82, 2.24) is 14.8 Å². The molecule has 1 amide bonds. The molecule has 100 valence electrons. The van der Waals surface area contributed by atoms with Crippen molar-refractivity contribution < 1.29 is 4.79 Å². The van der Waals surface area contributed by atoms with Gasteiger partial charge in [-0.1, -0.05) is 11.6 Å². The van der Waals surface area contributed by atoms with Gasteiger partial charge in [0.15, 0.2) is 0 Å². The number of pyridine rings is 1. The quantitative estimate of drug-likeness (QED) is 0.823. The molecule has 0 atom stereocenters. The van der Waals surface area contributed by atoms with Gasteiger partial charge in [0.1, 0.15) is 10.8 Å². The minimum atomic E-state index is -0.326. The van der Waals surface area contributed by atoms with Crippen LogP contribution in [0.15, 0.2) is 12.1 Å². The van der Waals surface area contributed by atoms with Crippen LogP contribution in [0.1, 0.15) is 21.9 Å². The number of carbonyl (C=O) groups is 1. The van der Waals surface area contributed by atoms with E-state index in [-0.39, 0.29) is 5.91 Å². The molecular weight excluding hydrogens is 266 g/mol. The van der Waals surface area contributed by atoms with Gasteiger partial charge < -0.3 is 11.1 Å². The van der Waals surface area contributed by atoms with Crippen molar-refractivity contribution >= 4 is 28.9 Å². The fraction of sp³-hybridized carbons (Fsp3) is 0.250. The molecule has 7 heteroatoms. The van der Waals surface area contributed by atoms with Crippen molar-refractivity contribution in [3.63, 3.8) is 0 Å². The van der Waals surface area contributed by atoms with Crippen LogP contribution in [0.4, 0.5) is 11.4 Å². The average Bonchev–Trinajstić information content (AvgIpc) is 2.57. The summed E-state index contributed by atoms with van der Waals surface area (Å²) in [5, 5.41) is 7.23. The third-order valence-electron chi connectivity index (χ3n) is 2.78. The predicted molar refractivity (Wildman–Crippen MR) is 74.3 cm³/mol. The largest absolute Gasteiger partial charge is 0.395 e. The Hall–Kier alpha value is -2.08. The van der Waals surface area contributed by atoms with Crippen LogP contribution in [0, 0.1) is 13.8 Å². The number of hydrogen-bond acceptors (Lipinski definition) is 4. The second-order valence-corrected chi connectivity index (χ2v) is 4.58. The molecule has 2 rings (SSSR count). The highest BCUT2D eigenvalue weighted by molar-refractivity contribution is 6.29. The van der Waals surface area contributed by atoms with Crippen LogP contribution in [0.25, 0.3) is 0 Å². The third kappa shape index (κ3) is 2.53. The summed E-state index contributed by atoms with van der Waals surface area (Å²) < 4.78 is 1.46. The second kappa shape index (κ2) is 4.89. The molecule has 0 aliphatic heterocycles. The highest BCUT2D eigenvalue weighted by Gasteiger charge is 2.18. The van der Waals surface area contributed by atoms with Crippen molar-refractivity contribution in [3.8, 4) is 0 Å². The summed E-state index contributed by atoms with van der Waals surface area (Å²) in [6.45, 7) is 3.51. The summed E-state index contributed by atoms with van der Waals surface area (Å²) in [5.41, 5.74) is 8.39. The van der Waals surface area contributed by atoms with E-state index in [0.717, 1.165) is 0 Å². The topological polar surface area (TPSA) is 85.8 Å². The molecule has 6 nitrogen and oxygen atoms in total. The first-order valence-corrected chi connectivity index (χ1v) is 6.01. The first-order valence-electron chi connectivity index (χ1n) is 5.63. The van der Waals surface area contributed by atoms with Gasteiger partial charge in [0.25, 0.3) is 5.91 Å². The second-order valence-electron chi connectivity index (χ2n) is 4.19. The number of nitrogens with two attached hydrogens (primary N) is 1. The number of hydrogen-bond donors (Lipinski definition) is 2. The normalized spacial score (nSPS) is 10.5. The summed E-state index contributed by atoms with van der Waals surface area (Å²) in [7, 11) is 1.67. The van der Waals surface area contributed by atoms with Crippen molar-refractivity contribution in [2.45, 2.75) is 13.8 Å². The van der Waals surface area contributed by atoms with E-state index in [1.165, 1.54) is 4.68 Å². The number of nitrogens with zero attached hydrogens (tertiary/aromatic N) is 3. The maximum Gasteiger partial charge on any atom is 0.276 e. The van der Waals surface area contributed by atoms with E-state index in [0.29, 0.717) is 33.6 Å². The van der Waals surface area contributed by atoms with E-state index in [1.807, 2.05) is 0 Å². The summed E-state index contributed by atoms with van der Waals surface area (Å²) in [6.07, 6.45) is 0. The summed E-state index contributed by atoms with van der Waals surface area (Å²) in [6, 6.07) is 3.31. The first kappa shape index (κ1) is 13.4. The van der Waals surface area contributed by atoms with Gasteiger partial charge in [0.2, 0.25) is 0 Å². The predicted octanol–water partition coefficient (Wildman–Crippen LogP) is 1.92. The number of rotatable bonds is 2. The van der Waals surface area contributed by atoms with Crippen LogP contribution in [-0.4, -0.2) is 20.7 Å². The van der Waals surface area contributed by atoms with E-state index in [2.05, 4.69) is 15.4 Å². The molecule has 19 heavy (non-hydrogen) atoms. The monoisotopic (exact) mass is 279 g/mol. The van der Waals surface area contributed by atoms with Crippen molar-refractivity contribution in [2.24, 2.45) is 7.05 Å². The number of aromatic nitrogens is 3. The summed E-state index contributed by atoms with van der Waals surface area (Å²) in [4.78, 5) is 16.3. The lowest BCUT2D eigenvalue weighted by Crippen LogP contribution is -2.18. The summed E-state index contributed by atoms with van der Waals surface area (Å²) >= 11 is 5.77. The van der Waals surface area contributed by atoms with E-state index < -0.39 is 0 Å². The van der Waals surface area contributed by atoms with Gasteiger partial charge in [-0.25, -0.2) is 4.98 Å². The minimum Gasteiger partial charge on any atom is -0.395 e. The third-order valence-corrected chi connectivity index (χ3v) is 2.99. The highest BCUT2D eigenvalue weighted by atomic mass is 35.5. The Balaban J connectivity index is 2.31. The smallest absolute Gasteiger partial charge is 0.276 e. The zero-order valence-corrected chi connectivity index (χ0v) is 11.6. The fourth-order valence-corrected chi connectivity index (χ4v) is 1.98. The Morgan fingerprint density at radius 3 is 2.58 bits per heavy atom. The van der Waals surface area contributed by atoms with Gasteiger partial charge in [-0.2, -0.15) is 5.10 Å². The van der Waals surface area contributed by atoms with Gasteiger partial charge >= 0.3 is 0 Å². The molecule has 0 aliphatic rings.